The van der Waals surface area contributed by atoms with Gasteiger partial charge in [-0.05, 0) is 18.2 Å². The third kappa shape index (κ3) is 4.32. The number of piperazine rings is 1. The molecule has 0 atom stereocenters. The van der Waals surface area contributed by atoms with E-state index in [1.807, 2.05) is 4.90 Å². The van der Waals surface area contributed by atoms with Crippen molar-refractivity contribution in [2.45, 2.75) is 0 Å². The Bertz CT molecular complexity index is 562. The molecule has 0 saturated carbocycles. The second-order valence-corrected chi connectivity index (χ2v) is 5.40. The van der Waals surface area contributed by atoms with Crippen molar-refractivity contribution in [3.8, 4) is 0 Å². The molecule has 8 heteroatoms. The predicted molar refractivity (Wildman–Crippen MR) is 82.5 cm³/mol. The molecule has 1 aliphatic rings. The maximum Gasteiger partial charge on any atom is 0.321 e. The second kappa shape index (κ2) is 7.42. The second-order valence-electron chi connectivity index (χ2n) is 4.99. The number of amides is 3. The third-order valence-electron chi connectivity index (χ3n) is 3.48. The van der Waals surface area contributed by atoms with E-state index in [1.165, 1.54) is 12.1 Å². The van der Waals surface area contributed by atoms with Crippen LogP contribution in [-0.4, -0.2) is 61.5 Å². The molecule has 0 aliphatic carbocycles. The zero-order chi connectivity index (χ0) is 16.1. The van der Waals surface area contributed by atoms with Crippen LogP contribution in [0, 0.1) is 5.82 Å². The van der Waals surface area contributed by atoms with Crippen molar-refractivity contribution in [1.29, 1.82) is 0 Å². The number of carbonyl (C=O) groups is 2. The summed E-state index contributed by atoms with van der Waals surface area (Å²) in [5.74, 6) is -0.498. The summed E-state index contributed by atoms with van der Waals surface area (Å²) >= 11 is 5.88. The first-order valence-electron chi connectivity index (χ1n) is 6.93. The van der Waals surface area contributed by atoms with Gasteiger partial charge in [0.05, 0.1) is 17.3 Å². The summed E-state index contributed by atoms with van der Waals surface area (Å²) in [6.45, 7) is 2.61. The minimum atomic E-state index is -0.453. The maximum absolute atomic E-state index is 13.0. The Balaban J connectivity index is 1.86. The van der Waals surface area contributed by atoms with Crippen LogP contribution in [0.2, 0.25) is 5.02 Å². The van der Waals surface area contributed by atoms with Crippen molar-refractivity contribution >= 4 is 29.2 Å². The number of anilines is 1. The van der Waals surface area contributed by atoms with Crippen molar-refractivity contribution in [3.05, 3.63) is 29.0 Å². The normalized spacial score (nSPS) is 15.5. The van der Waals surface area contributed by atoms with Crippen LogP contribution in [0.4, 0.5) is 14.9 Å². The minimum Gasteiger partial charge on any atom is -0.358 e. The highest BCUT2D eigenvalue weighted by Crippen LogP contribution is 2.22. The number of hydrogen-bond acceptors (Lipinski definition) is 3. The van der Waals surface area contributed by atoms with E-state index in [0.717, 1.165) is 6.07 Å². The molecule has 1 heterocycles. The molecule has 2 rings (SSSR count). The molecule has 1 aromatic rings. The van der Waals surface area contributed by atoms with Crippen LogP contribution < -0.4 is 10.6 Å². The van der Waals surface area contributed by atoms with E-state index in [2.05, 4.69) is 10.6 Å². The van der Waals surface area contributed by atoms with Crippen LogP contribution in [0.25, 0.3) is 0 Å². The Morgan fingerprint density at radius 1 is 1.27 bits per heavy atom. The van der Waals surface area contributed by atoms with Gasteiger partial charge in [-0.15, -0.1) is 0 Å². The van der Waals surface area contributed by atoms with Crippen LogP contribution >= 0.6 is 11.6 Å². The quantitative estimate of drug-likeness (QED) is 0.881. The molecular formula is C14H18ClFN4O2. The summed E-state index contributed by atoms with van der Waals surface area (Å²) in [5, 5.41) is 5.39. The van der Waals surface area contributed by atoms with E-state index in [1.54, 1.807) is 11.9 Å². The van der Waals surface area contributed by atoms with E-state index in [9.17, 15) is 14.0 Å². The average molecular weight is 329 g/mol. The molecule has 1 aromatic carbocycles. The third-order valence-corrected chi connectivity index (χ3v) is 3.79. The highest BCUT2D eigenvalue weighted by molar-refractivity contribution is 6.33. The predicted octanol–water partition coefficient (Wildman–Crippen LogP) is 1.37. The molecule has 6 nitrogen and oxygen atoms in total. The molecule has 1 fully saturated rings. The number of nitrogens with zero attached hydrogens (tertiary/aromatic N) is 2. The van der Waals surface area contributed by atoms with E-state index in [-0.39, 0.29) is 17.0 Å². The highest BCUT2D eigenvalue weighted by Gasteiger charge is 2.22. The SMILES string of the molecule is CNC(=O)CN1CCN(C(=O)Nc2ccc(F)cc2Cl)CC1. The number of likely N-dealkylation sites (N-methyl/N-ethyl adjacent to an activating group) is 1. The zero-order valence-electron chi connectivity index (χ0n) is 12.2. The van der Waals surface area contributed by atoms with E-state index in [4.69, 9.17) is 11.6 Å². The molecular weight excluding hydrogens is 311 g/mol. The molecule has 0 bridgehead atoms. The molecule has 22 heavy (non-hydrogen) atoms. The first-order chi connectivity index (χ1) is 10.5. The van der Waals surface area contributed by atoms with Crippen LogP contribution in [0.3, 0.4) is 0 Å². The molecule has 0 radical (unpaired) electrons. The Labute approximate surface area is 133 Å². The molecule has 0 aromatic heterocycles. The number of benzene rings is 1. The lowest BCUT2D eigenvalue weighted by Crippen LogP contribution is -2.51. The number of nitrogens with one attached hydrogen (secondary N) is 2. The van der Waals surface area contributed by atoms with Crippen molar-refractivity contribution in [1.82, 2.24) is 15.1 Å². The smallest absolute Gasteiger partial charge is 0.321 e. The van der Waals surface area contributed by atoms with E-state index >= 15 is 0 Å². The van der Waals surface area contributed by atoms with Crippen molar-refractivity contribution in [3.63, 3.8) is 0 Å². The Kier molecular flexibility index (Phi) is 5.57. The van der Waals surface area contributed by atoms with E-state index < -0.39 is 5.82 Å². The van der Waals surface area contributed by atoms with Gasteiger partial charge in [0.15, 0.2) is 0 Å². The Hall–Kier alpha value is -1.86. The summed E-state index contributed by atoms with van der Waals surface area (Å²) in [6, 6.07) is 3.53. The maximum atomic E-state index is 13.0. The van der Waals surface area contributed by atoms with Crippen LogP contribution in [0.5, 0.6) is 0 Å². The largest absolute Gasteiger partial charge is 0.358 e. The van der Waals surface area contributed by atoms with Gasteiger partial charge in [0, 0.05) is 33.2 Å². The number of halogens is 2. The van der Waals surface area contributed by atoms with Gasteiger partial charge in [-0.25, -0.2) is 9.18 Å². The Morgan fingerprint density at radius 2 is 1.95 bits per heavy atom. The fourth-order valence-corrected chi connectivity index (χ4v) is 2.39. The van der Waals surface area contributed by atoms with Crippen LogP contribution in [0.1, 0.15) is 0 Å². The number of urea groups is 1. The molecule has 2 N–H and O–H groups in total. The molecule has 1 aliphatic heterocycles. The number of carbonyl (C=O) groups excluding carboxylic acids is 2. The van der Waals surface area contributed by atoms with Crippen molar-refractivity contribution < 1.29 is 14.0 Å². The van der Waals surface area contributed by atoms with Crippen LogP contribution in [-0.2, 0) is 4.79 Å². The number of rotatable bonds is 3. The van der Waals surface area contributed by atoms with Gasteiger partial charge < -0.3 is 15.5 Å². The standard InChI is InChI=1S/C14H18ClFN4O2/c1-17-13(21)9-19-4-6-20(7-5-19)14(22)18-12-3-2-10(16)8-11(12)15/h2-3,8H,4-7,9H2,1H3,(H,17,21)(H,18,22). The monoisotopic (exact) mass is 328 g/mol. The highest BCUT2D eigenvalue weighted by atomic mass is 35.5. The van der Waals surface area contributed by atoms with Crippen LogP contribution in [0.15, 0.2) is 18.2 Å². The van der Waals surface area contributed by atoms with Gasteiger partial charge in [-0.2, -0.15) is 0 Å². The zero-order valence-corrected chi connectivity index (χ0v) is 13.0. The lowest BCUT2D eigenvalue weighted by molar-refractivity contribution is -0.122. The molecule has 1 saturated heterocycles. The summed E-state index contributed by atoms with van der Waals surface area (Å²) < 4.78 is 13.0. The van der Waals surface area contributed by atoms with E-state index in [0.29, 0.717) is 38.4 Å². The molecule has 0 spiro atoms. The summed E-state index contributed by atoms with van der Waals surface area (Å²) in [6.07, 6.45) is 0. The average Bonchev–Trinajstić information content (AvgIpc) is 2.50. The minimum absolute atomic E-state index is 0.0454. The van der Waals surface area contributed by atoms with Gasteiger partial charge >= 0.3 is 6.03 Å². The molecule has 3 amide bonds. The molecule has 0 unspecified atom stereocenters. The fraction of sp³-hybridized carbons (Fsp3) is 0.429. The summed E-state index contributed by atoms with van der Waals surface area (Å²) in [7, 11) is 1.60. The van der Waals surface area contributed by atoms with Gasteiger partial charge in [-0.3, -0.25) is 9.69 Å². The molecule has 120 valence electrons. The number of hydrogen-bond donors (Lipinski definition) is 2. The summed E-state index contributed by atoms with van der Waals surface area (Å²) in [5.41, 5.74) is 0.376. The van der Waals surface area contributed by atoms with Crippen molar-refractivity contribution in [2.75, 3.05) is 45.1 Å². The Morgan fingerprint density at radius 3 is 2.55 bits per heavy atom. The lowest BCUT2D eigenvalue weighted by Gasteiger charge is -2.34. The van der Waals surface area contributed by atoms with Gasteiger partial charge in [0.2, 0.25) is 5.91 Å². The fourth-order valence-electron chi connectivity index (χ4n) is 2.18. The van der Waals surface area contributed by atoms with Gasteiger partial charge in [0.25, 0.3) is 0 Å². The first-order valence-corrected chi connectivity index (χ1v) is 7.31. The lowest BCUT2D eigenvalue weighted by atomic mass is 10.3. The topological polar surface area (TPSA) is 64.7 Å². The van der Waals surface area contributed by atoms with Crippen molar-refractivity contribution in [2.24, 2.45) is 0 Å². The first kappa shape index (κ1) is 16.5. The van der Waals surface area contributed by atoms with Gasteiger partial charge in [-0.1, -0.05) is 11.6 Å². The summed E-state index contributed by atoms with van der Waals surface area (Å²) in [4.78, 5) is 27.1. The van der Waals surface area contributed by atoms with Gasteiger partial charge in [0.1, 0.15) is 5.82 Å².